The van der Waals surface area contributed by atoms with E-state index in [0.29, 0.717) is 17.5 Å². The second-order valence-electron chi connectivity index (χ2n) is 14.4. The predicted octanol–water partition coefficient (Wildman–Crippen LogP) is 13.8. The summed E-state index contributed by atoms with van der Waals surface area (Å²) >= 11 is 0. The van der Waals surface area contributed by atoms with Crippen LogP contribution >= 0.6 is 0 Å². The van der Waals surface area contributed by atoms with Crippen LogP contribution in [0.3, 0.4) is 0 Å². The first-order chi connectivity index (χ1) is 27.7. The molecule has 1 aliphatic carbocycles. The van der Waals surface area contributed by atoms with Gasteiger partial charge in [-0.2, -0.15) is 0 Å². The zero-order valence-electron chi connectivity index (χ0n) is 30.4. The molecule has 56 heavy (non-hydrogen) atoms. The van der Waals surface area contributed by atoms with Gasteiger partial charge in [-0.05, 0) is 89.3 Å². The smallest absolute Gasteiger partial charge is 0.164 e. The summed E-state index contributed by atoms with van der Waals surface area (Å²) in [6.07, 6.45) is 0. The van der Waals surface area contributed by atoms with Crippen LogP contribution in [0, 0.1) is 0 Å². The Bertz CT molecular complexity index is 3030. The summed E-state index contributed by atoms with van der Waals surface area (Å²) in [5.74, 6) is 1.96. The van der Waals surface area contributed by atoms with E-state index in [4.69, 9.17) is 15.0 Å². The minimum atomic E-state index is 0.649. The van der Waals surface area contributed by atoms with Crippen LogP contribution in [0.1, 0.15) is 0 Å². The predicted molar refractivity (Wildman–Crippen MR) is 232 cm³/mol. The van der Waals surface area contributed by atoms with Gasteiger partial charge >= 0.3 is 0 Å². The summed E-state index contributed by atoms with van der Waals surface area (Å²) in [5.41, 5.74) is 15.4. The Hall–Kier alpha value is -7.49. The fourth-order valence-electron chi connectivity index (χ4n) is 8.38. The minimum Gasteiger partial charge on any atom is -0.208 e. The van der Waals surface area contributed by atoms with E-state index in [1.54, 1.807) is 0 Å². The molecule has 0 fully saturated rings. The van der Waals surface area contributed by atoms with Crippen LogP contribution in [-0.4, -0.2) is 15.0 Å². The molecular weight excluding hydrogens is 679 g/mol. The molecule has 9 aromatic carbocycles. The van der Waals surface area contributed by atoms with Crippen molar-refractivity contribution in [3.63, 3.8) is 0 Å². The fraction of sp³-hybridized carbons (Fsp3) is 0. The van der Waals surface area contributed by atoms with E-state index in [0.717, 1.165) is 22.3 Å². The highest BCUT2D eigenvalue weighted by atomic mass is 15.0. The number of fused-ring (bicyclic) bond motifs is 4. The molecule has 0 amide bonds. The van der Waals surface area contributed by atoms with Crippen LogP contribution in [-0.2, 0) is 0 Å². The maximum Gasteiger partial charge on any atom is 0.164 e. The highest BCUT2D eigenvalue weighted by molar-refractivity contribution is 6.18. The van der Waals surface area contributed by atoms with Crippen molar-refractivity contribution in [2.75, 3.05) is 0 Å². The third kappa shape index (κ3) is 5.40. The van der Waals surface area contributed by atoms with Gasteiger partial charge in [0.25, 0.3) is 0 Å². The quantitative estimate of drug-likeness (QED) is 0.172. The SMILES string of the molecule is c1ccc(-c2nc(-c3ccccc3)nc(-c3ccc(-c4cccc5cc(-c6cccc(-c7ccc8c9c(cccc79)-c7ccccc7-8)c6)ccc45)cc3)n2)cc1. The molecule has 0 radical (unpaired) electrons. The standard InChI is InChI=1S/C53H33N3/c1-3-12-35(13-4-1)51-54-52(36-14-5-2-6-15-36)56-53(55-51)37-26-24-34(25-27-37)42-21-10-18-40-33-39(28-29-43(40)42)38-16-9-17-41(32-38)44-30-31-49-46-20-8-7-19-45(46)48-23-11-22-47(44)50(48)49/h1-33H. The second kappa shape index (κ2) is 13.1. The molecule has 0 unspecified atom stereocenters. The molecule has 1 aromatic heterocycles. The van der Waals surface area contributed by atoms with Crippen molar-refractivity contribution in [1.29, 1.82) is 0 Å². The van der Waals surface area contributed by atoms with E-state index in [2.05, 4.69) is 140 Å². The third-order valence-corrected chi connectivity index (χ3v) is 11.1. The Labute approximate surface area is 325 Å². The lowest BCUT2D eigenvalue weighted by molar-refractivity contribution is 1.07. The summed E-state index contributed by atoms with van der Waals surface area (Å²) in [4.78, 5) is 14.7. The van der Waals surface area contributed by atoms with E-state index >= 15 is 0 Å². The molecule has 0 saturated heterocycles. The molecule has 1 heterocycles. The first-order valence-corrected chi connectivity index (χ1v) is 19.0. The normalized spacial score (nSPS) is 11.6. The van der Waals surface area contributed by atoms with Crippen molar-refractivity contribution < 1.29 is 0 Å². The first-order valence-electron chi connectivity index (χ1n) is 19.0. The number of hydrogen-bond donors (Lipinski definition) is 0. The first kappa shape index (κ1) is 32.0. The average molecular weight is 712 g/mol. The van der Waals surface area contributed by atoms with E-state index in [-0.39, 0.29) is 0 Å². The van der Waals surface area contributed by atoms with Crippen molar-refractivity contribution in [2.45, 2.75) is 0 Å². The Morgan fingerprint density at radius 2 is 0.679 bits per heavy atom. The van der Waals surface area contributed by atoms with E-state index in [9.17, 15) is 0 Å². The summed E-state index contributed by atoms with van der Waals surface area (Å²) in [6, 6.07) is 71.2. The number of hydrogen-bond acceptors (Lipinski definition) is 3. The highest BCUT2D eigenvalue weighted by Gasteiger charge is 2.22. The van der Waals surface area contributed by atoms with Gasteiger partial charge in [-0.1, -0.05) is 188 Å². The molecule has 0 spiro atoms. The average Bonchev–Trinajstić information content (AvgIpc) is 3.61. The van der Waals surface area contributed by atoms with Gasteiger partial charge in [0, 0.05) is 16.7 Å². The number of benzene rings is 9. The maximum absolute atomic E-state index is 4.93. The molecule has 1 aliphatic rings. The van der Waals surface area contributed by atoms with Gasteiger partial charge in [0.05, 0.1) is 0 Å². The summed E-state index contributed by atoms with van der Waals surface area (Å²) in [7, 11) is 0. The molecule has 0 bridgehead atoms. The van der Waals surface area contributed by atoms with Crippen molar-refractivity contribution >= 4 is 21.5 Å². The lowest BCUT2D eigenvalue weighted by Gasteiger charge is -2.13. The van der Waals surface area contributed by atoms with Crippen LogP contribution in [0.2, 0.25) is 0 Å². The molecule has 3 nitrogen and oxygen atoms in total. The van der Waals surface area contributed by atoms with Crippen LogP contribution in [0.5, 0.6) is 0 Å². The highest BCUT2D eigenvalue weighted by Crippen LogP contribution is 2.49. The lowest BCUT2D eigenvalue weighted by atomic mass is 9.91. The van der Waals surface area contributed by atoms with E-state index in [1.807, 2.05) is 60.7 Å². The van der Waals surface area contributed by atoms with Gasteiger partial charge in [-0.15, -0.1) is 0 Å². The molecule has 0 saturated carbocycles. The van der Waals surface area contributed by atoms with Crippen LogP contribution < -0.4 is 0 Å². The molecule has 3 heteroatoms. The molecule has 10 aromatic rings. The summed E-state index contributed by atoms with van der Waals surface area (Å²) in [5, 5.41) is 5.07. The van der Waals surface area contributed by atoms with Crippen LogP contribution in [0.25, 0.3) is 111 Å². The Balaban J connectivity index is 0.929. The van der Waals surface area contributed by atoms with Gasteiger partial charge in [0.15, 0.2) is 17.5 Å². The monoisotopic (exact) mass is 711 g/mol. The summed E-state index contributed by atoms with van der Waals surface area (Å²) < 4.78 is 0. The van der Waals surface area contributed by atoms with Crippen molar-refractivity contribution in [3.05, 3.63) is 200 Å². The Morgan fingerprint density at radius 3 is 1.38 bits per heavy atom. The van der Waals surface area contributed by atoms with Crippen LogP contribution in [0.15, 0.2) is 200 Å². The zero-order chi connectivity index (χ0) is 37.0. The molecule has 260 valence electrons. The van der Waals surface area contributed by atoms with Gasteiger partial charge < -0.3 is 0 Å². The third-order valence-electron chi connectivity index (χ3n) is 11.1. The number of nitrogens with zero attached hydrogens (tertiary/aromatic N) is 3. The molecule has 11 rings (SSSR count). The second-order valence-corrected chi connectivity index (χ2v) is 14.4. The van der Waals surface area contributed by atoms with Gasteiger partial charge in [0.2, 0.25) is 0 Å². The Kier molecular flexibility index (Phi) is 7.49. The lowest BCUT2D eigenvalue weighted by Crippen LogP contribution is -2.00. The fourth-order valence-corrected chi connectivity index (χ4v) is 8.38. The van der Waals surface area contributed by atoms with Crippen molar-refractivity contribution in [1.82, 2.24) is 15.0 Å². The van der Waals surface area contributed by atoms with Gasteiger partial charge in [0.1, 0.15) is 0 Å². The van der Waals surface area contributed by atoms with Gasteiger partial charge in [-0.25, -0.2) is 15.0 Å². The maximum atomic E-state index is 4.93. The summed E-state index contributed by atoms with van der Waals surface area (Å²) in [6.45, 7) is 0. The molecule has 0 atom stereocenters. The zero-order valence-corrected chi connectivity index (χ0v) is 30.4. The minimum absolute atomic E-state index is 0.649. The molecule has 0 N–H and O–H groups in total. The van der Waals surface area contributed by atoms with Crippen molar-refractivity contribution in [3.8, 4) is 89.8 Å². The number of rotatable bonds is 6. The van der Waals surface area contributed by atoms with E-state index in [1.165, 1.54) is 71.6 Å². The Morgan fingerprint density at radius 1 is 0.232 bits per heavy atom. The van der Waals surface area contributed by atoms with E-state index < -0.39 is 0 Å². The molecular formula is C53H33N3. The van der Waals surface area contributed by atoms with Gasteiger partial charge in [-0.3, -0.25) is 0 Å². The largest absolute Gasteiger partial charge is 0.208 e. The topological polar surface area (TPSA) is 38.7 Å². The van der Waals surface area contributed by atoms with Crippen molar-refractivity contribution in [2.24, 2.45) is 0 Å². The number of aromatic nitrogens is 3. The molecule has 0 aliphatic heterocycles. The van der Waals surface area contributed by atoms with Crippen LogP contribution in [0.4, 0.5) is 0 Å².